The molecule has 4 N–H and O–H groups in total. The highest BCUT2D eigenvalue weighted by molar-refractivity contribution is 5.85. The van der Waals surface area contributed by atoms with Crippen molar-refractivity contribution >= 4 is 5.78 Å². The highest BCUT2D eigenvalue weighted by Crippen LogP contribution is 2.13. The summed E-state index contributed by atoms with van der Waals surface area (Å²) in [4.78, 5) is 11.7. The summed E-state index contributed by atoms with van der Waals surface area (Å²) in [6.07, 6.45) is 4.51. The van der Waals surface area contributed by atoms with Crippen LogP contribution in [0.5, 0.6) is 0 Å². The summed E-state index contributed by atoms with van der Waals surface area (Å²) in [6.45, 7) is 4.77. The van der Waals surface area contributed by atoms with Crippen LogP contribution in [0.2, 0.25) is 0 Å². The molecule has 0 unspecified atom stereocenters. The molecule has 0 aliphatic rings. The maximum Gasteiger partial charge on any atom is 0.152 e. The molecular formula is C11H24N2O. The topological polar surface area (TPSA) is 69.1 Å². The van der Waals surface area contributed by atoms with Gasteiger partial charge in [-0.3, -0.25) is 4.79 Å². The van der Waals surface area contributed by atoms with Crippen LogP contribution in [0.15, 0.2) is 0 Å². The summed E-state index contributed by atoms with van der Waals surface area (Å²) in [7, 11) is 0. The van der Waals surface area contributed by atoms with Crippen LogP contribution in [0.25, 0.3) is 0 Å². The molecular weight excluding hydrogens is 176 g/mol. The number of hydrogen-bond donors (Lipinski definition) is 2. The molecule has 0 bridgehead atoms. The lowest BCUT2D eigenvalue weighted by Crippen LogP contribution is -2.35. The Morgan fingerprint density at radius 3 is 2.21 bits per heavy atom. The second-order valence-corrected chi connectivity index (χ2v) is 3.81. The molecule has 84 valence electrons. The molecule has 3 heteroatoms. The Bertz CT molecular complexity index is 155. The standard InChI is InChI=1S/C11H24N2O/c1-3-9(4-2)11(14)10(13)7-5-6-8-12/h9-10H,3-8,12-13H2,1-2H3/t10-/m0/s1. The van der Waals surface area contributed by atoms with Gasteiger partial charge in [0.15, 0.2) is 5.78 Å². The Labute approximate surface area is 87.2 Å². The Hall–Kier alpha value is -0.410. The number of nitrogens with two attached hydrogens (primary N) is 2. The SMILES string of the molecule is CCC(CC)C(=O)[C@@H](N)CCCCN. The van der Waals surface area contributed by atoms with E-state index in [4.69, 9.17) is 11.5 Å². The van der Waals surface area contributed by atoms with Gasteiger partial charge in [0.2, 0.25) is 0 Å². The van der Waals surface area contributed by atoms with Crippen LogP contribution >= 0.6 is 0 Å². The fourth-order valence-electron chi connectivity index (χ4n) is 1.64. The number of rotatable bonds is 8. The fourth-order valence-corrected chi connectivity index (χ4v) is 1.64. The second-order valence-electron chi connectivity index (χ2n) is 3.81. The van der Waals surface area contributed by atoms with E-state index in [1.807, 2.05) is 13.8 Å². The van der Waals surface area contributed by atoms with Crippen molar-refractivity contribution in [2.75, 3.05) is 6.54 Å². The average Bonchev–Trinajstić information content (AvgIpc) is 2.19. The number of carbonyl (C=O) groups excluding carboxylic acids is 1. The van der Waals surface area contributed by atoms with Crippen molar-refractivity contribution in [3.8, 4) is 0 Å². The first-order valence-corrected chi connectivity index (χ1v) is 5.66. The quantitative estimate of drug-likeness (QED) is 0.583. The van der Waals surface area contributed by atoms with Gasteiger partial charge in [-0.25, -0.2) is 0 Å². The zero-order chi connectivity index (χ0) is 11.0. The van der Waals surface area contributed by atoms with Gasteiger partial charge in [0, 0.05) is 5.92 Å². The maximum absolute atomic E-state index is 11.7. The van der Waals surface area contributed by atoms with Crippen LogP contribution < -0.4 is 11.5 Å². The number of Topliss-reactive ketones (excluding diaryl/α,β-unsaturated/α-hetero) is 1. The predicted octanol–water partition coefficient (Wildman–Crippen LogP) is 1.45. The van der Waals surface area contributed by atoms with Gasteiger partial charge < -0.3 is 11.5 Å². The maximum atomic E-state index is 11.7. The van der Waals surface area contributed by atoms with Crippen LogP contribution in [0.3, 0.4) is 0 Å². The van der Waals surface area contributed by atoms with E-state index in [1.165, 1.54) is 0 Å². The molecule has 14 heavy (non-hydrogen) atoms. The first kappa shape index (κ1) is 13.6. The van der Waals surface area contributed by atoms with Gasteiger partial charge in [-0.15, -0.1) is 0 Å². The number of ketones is 1. The summed E-state index contributed by atoms with van der Waals surface area (Å²) in [5.41, 5.74) is 11.2. The van der Waals surface area contributed by atoms with Gasteiger partial charge in [0.1, 0.15) is 0 Å². The predicted molar refractivity (Wildman–Crippen MR) is 60.0 cm³/mol. The van der Waals surface area contributed by atoms with Crippen LogP contribution in [0.4, 0.5) is 0 Å². The Kier molecular flexibility index (Phi) is 7.71. The van der Waals surface area contributed by atoms with Crippen LogP contribution in [0, 0.1) is 5.92 Å². The van der Waals surface area contributed by atoms with Crippen molar-refractivity contribution in [2.45, 2.75) is 52.0 Å². The molecule has 0 aliphatic carbocycles. The first-order chi connectivity index (χ1) is 6.67. The number of hydrogen-bond acceptors (Lipinski definition) is 3. The van der Waals surface area contributed by atoms with Crippen molar-refractivity contribution in [3.05, 3.63) is 0 Å². The van der Waals surface area contributed by atoms with E-state index < -0.39 is 0 Å². The van der Waals surface area contributed by atoms with Gasteiger partial charge in [0.05, 0.1) is 6.04 Å². The molecule has 0 aromatic heterocycles. The second kappa shape index (κ2) is 7.94. The molecule has 0 saturated heterocycles. The Morgan fingerprint density at radius 2 is 1.79 bits per heavy atom. The highest BCUT2D eigenvalue weighted by atomic mass is 16.1. The van der Waals surface area contributed by atoms with Gasteiger partial charge >= 0.3 is 0 Å². The third-order valence-corrected chi connectivity index (χ3v) is 2.72. The molecule has 0 rings (SSSR count). The zero-order valence-electron chi connectivity index (χ0n) is 9.46. The van der Waals surface area contributed by atoms with E-state index >= 15 is 0 Å². The summed E-state index contributed by atoms with van der Waals surface area (Å²) < 4.78 is 0. The smallest absolute Gasteiger partial charge is 0.152 e. The molecule has 0 heterocycles. The molecule has 3 nitrogen and oxygen atoms in total. The van der Waals surface area contributed by atoms with Crippen LogP contribution in [-0.4, -0.2) is 18.4 Å². The first-order valence-electron chi connectivity index (χ1n) is 5.66. The van der Waals surface area contributed by atoms with E-state index in [2.05, 4.69) is 0 Å². The summed E-state index contributed by atoms with van der Waals surface area (Å²) in [6, 6.07) is -0.272. The summed E-state index contributed by atoms with van der Waals surface area (Å²) in [5, 5.41) is 0. The minimum atomic E-state index is -0.272. The van der Waals surface area contributed by atoms with Crippen molar-refractivity contribution in [2.24, 2.45) is 17.4 Å². The van der Waals surface area contributed by atoms with E-state index in [0.717, 1.165) is 32.1 Å². The van der Waals surface area contributed by atoms with E-state index in [-0.39, 0.29) is 17.7 Å². The summed E-state index contributed by atoms with van der Waals surface area (Å²) >= 11 is 0. The largest absolute Gasteiger partial charge is 0.330 e. The van der Waals surface area contributed by atoms with Crippen LogP contribution in [0.1, 0.15) is 46.0 Å². The van der Waals surface area contributed by atoms with E-state index in [1.54, 1.807) is 0 Å². The van der Waals surface area contributed by atoms with Crippen molar-refractivity contribution in [1.29, 1.82) is 0 Å². The highest BCUT2D eigenvalue weighted by Gasteiger charge is 2.20. The lowest BCUT2D eigenvalue weighted by Gasteiger charge is -2.16. The van der Waals surface area contributed by atoms with E-state index in [0.29, 0.717) is 6.54 Å². The van der Waals surface area contributed by atoms with Gasteiger partial charge in [0.25, 0.3) is 0 Å². The molecule has 0 amide bonds. The normalized spacial score (nSPS) is 13.2. The lowest BCUT2D eigenvalue weighted by atomic mass is 9.91. The average molecular weight is 200 g/mol. The third kappa shape index (κ3) is 4.72. The Morgan fingerprint density at radius 1 is 1.21 bits per heavy atom. The molecule has 0 saturated carbocycles. The number of unbranched alkanes of at least 4 members (excludes halogenated alkanes) is 1. The minimum absolute atomic E-state index is 0.155. The Balaban J connectivity index is 3.84. The third-order valence-electron chi connectivity index (χ3n) is 2.72. The molecule has 1 atom stereocenters. The molecule has 0 fully saturated rings. The molecule has 0 aliphatic heterocycles. The monoisotopic (exact) mass is 200 g/mol. The summed E-state index contributed by atoms with van der Waals surface area (Å²) in [5.74, 6) is 0.384. The molecule has 0 radical (unpaired) electrons. The molecule has 0 spiro atoms. The lowest BCUT2D eigenvalue weighted by molar-refractivity contribution is -0.124. The van der Waals surface area contributed by atoms with Crippen molar-refractivity contribution < 1.29 is 4.79 Å². The van der Waals surface area contributed by atoms with Gasteiger partial charge in [-0.05, 0) is 32.2 Å². The van der Waals surface area contributed by atoms with Gasteiger partial charge in [-0.2, -0.15) is 0 Å². The number of carbonyl (C=O) groups is 1. The van der Waals surface area contributed by atoms with Crippen molar-refractivity contribution in [1.82, 2.24) is 0 Å². The minimum Gasteiger partial charge on any atom is -0.330 e. The van der Waals surface area contributed by atoms with Crippen molar-refractivity contribution in [3.63, 3.8) is 0 Å². The van der Waals surface area contributed by atoms with Crippen LogP contribution in [-0.2, 0) is 4.79 Å². The fraction of sp³-hybridized carbons (Fsp3) is 0.909. The molecule has 0 aromatic rings. The van der Waals surface area contributed by atoms with E-state index in [9.17, 15) is 4.79 Å². The molecule has 0 aromatic carbocycles. The van der Waals surface area contributed by atoms with Gasteiger partial charge in [-0.1, -0.05) is 20.3 Å². The zero-order valence-corrected chi connectivity index (χ0v) is 9.46.